The third-order valence-corrected chi connectivity index (χ3v) is 4.99. The topological polar surface area (TPSA) is 69.2 Å². The fourth-order valence-corrected chi connectivity index (χ4v) is 3.26. The molecule has 0 saturated heterocycles. The van der Waals surface area contributed by atoms with Gasteiger partial charge in [-0.3, -0.25) is 4.79 Å². The Morgan fingerprint density at radius 2 is 1.48 bits per heavy atom. The maximum atomic E-state index is 11.9. The van der Waals surface area contributed by atoms with Crippen LogP contribution in [-0.2, 0) is 11.4 Å². The lowest BCUT2D eigenvalue weighted by Gasteiger charge is -2.09. The van der Waals surface area contributed by atoms with Gasteiger partial charge in [0.2, 0.25) is 0 Å². The number of nitrogens with one attached hydrogen (secondary N) is 1. The zero-order chi connectivity index (χ0) is 22.9. The fourth-order valence-electron chi connectivity index (χ4n) is 3.26. The molecule has 0 atom stereocenters. The molecule has 0 bridgehead atoms. The van der Waals surface area contributed by atoms with Crippen molar-refractivity contribution < 1.29 is 19.0 Å². The van der Waals surface area contributed by atoms with Gasteiger partial charge in [0.05, 0.1) is 13.3 Å². The normalized spacial score (nSPS) is 10.8. The van der Waals surface area contributed by atoms with Crippen LogP contribution in [0.15, 0.2) is 96.1 Å². The summed E-state index contributed by atoms with van der Waals surface area (Å²) in [6.45, 7) is 0.351. The molecule has 4 rings (SSSR count). The fraction of sp³-hybridized carbons (Fsp3) is 0.111. The molecular weight excluding hydrogens is 416 g/mol. The van der Waals surface area contributed by atoms with Gasteiger partial charge in [0, 0.05) is 0 Å². The van der Waals surface area contributed by atoms with Gasteiger partial charge in [0.25, 0.3) is 5.91 Å². The van der Waals surface area contributed by atoms with Gasteiger partial charge in [-0.15, -0.1) is 0 Å². The lowest BCUT2D eigenvalue weighted by molar-refractivity contribution is -0.123. The van der Waals surface area contributed by atoms with Gasteiger partial charge in [-0.1, -0.05) is 42.5 Å². The lowest BCUT2D eigenvalue weighted by Crippen LogP contribution is -2.24. The van der Waals surface area contributed by atoms with E-state index in [4.69, 9.17) is 14.2 Å². The molecule has 0 aliphatic carbocycles. The zero-order valence-corrected chi connectivity index (χ0v) is 18.2. The van der Waals surface area contributed by atoms with E-state index in [2.05, 4.69) is 34.8 Å². The molecule has 1 N–H and O–H groups in total. The number of methoxy groups -OCH3 is 1. The largest absolute Gasteiger partial charge is 0.497 e. The summed E-state index contributed by atoms with van der Waals surface area (Å²) in [6.07, 6.45) is 1.57. The SMILES string of the molecule is COc1ccc(OCC(=O)N/N=C\c2ccc(OCc3cccc4ccccc34)cc2)cc1. The summed E-state index contributed by atoms with van der Waals surface area (Å²) in [5, 5.41) is 6.36. The van der Waals surface area contributed by atoms with Crippen LogP contribution in [0.4, 0.5) is 0 Å². The van der Waals surface area contributed by atoms with Gasteiger partial charge in [-0.05, 0) is 70.4 Å². The number of carbonyl (C=O) groups is 1. The third-order valence-electron chi connectivity index (χ3n) is 4.99. The maximum absolute atomic E-state index is 11.9. The maximum Gasteiger partial charge on any atom is 0.277 e. The minimum absolute atomic E-state index is 0.134. The molecule has 166 valence electrons. The second kappa shape index (κ2) is 10.8. The van der Waals surface area contributed by atoms with E-state index in [1.54, 1.807) is 37.6 Å². The average Bonchev–Trinajstić information content (AvgIpc) is 2.87. The standard InChI is InChI=1S/C27H24N2O4/c1-31-23-13-15-25(16-14-23)33-19-27(30)29-28-17-20-9-11-24(12-10-20)32-18-22-7-4-6-21-5-2-3-8-26(21)22/h2-17H,18-19H2,1H3,(H,29,30)/b28-17-. The highest BCUT2D eigenvalue weighted by atomic mass is 16.5. The van der Waals surface area contributed by atoms with E-state index in [1.165, 1.54) is 10.8 Å². The molecule has 6 nitrogen and oxygen atoms in total. The highest BCUT2D eigenvalue weighted by molar-refractivity contribution is 5.85. The monoisotopic (exact) mass is 440 g/mol. The third kappa shape index (κ3) is 6.11. The smallest absolute Gasteiger partial charge is 0.277 e. The van der Waals surface area contributed by atoms with E-state index in [0.29, 0.717) is 12.4 Å². The van der Waals surface area contributed by atoms with Gasteiger partial charge >= 0.3 is 0 Å². The van der Waals surface area contributed by atoms with Gasteiger partial charge < -0.3 is 14.2 Å². The van der Waals surface area contributed by atoms with E-state index in [9.17, 15) is 4.79 Å². The highest BCUT2D eigenvalue weighted by Crippen LogP contribution is 2.21. The lowest BCUT2D eigenvalue weighted by atomic mass is 10.1. The molecule has 0 saturated carbocycles. The number of hydrazone groups is 1. The molecule has 6 heteroatoms. The van der Waals surface area contributed by atoms with Crippen LogP contribution in [0.2, 0.25) is 0 Å². The molecule has 4 aromatic carbocycles. The van der Waals surface area contributed by atoms with Crippen molar-refractivity contribution in [3.05, 3.63) is 102 Å². The van der Waals surface area contributed by atoms with Gasteiger partial charge in [-0.25, -0.2) is 5.43 Å². The first-order valence-electron chi connectivity index (χ1n) is 10.5. The number of hydrogen-bond acceptors (Lipinski definition) is 5. The van der Waals surface area contributed by atoms with Crippen LogP contribution >= 0.6 is 0 Å². The van der Waals surface area contributed by atoms with Crippen LogP contribution in [0, 0.1) is 0 Å². The Labute approximate surface area is 192 Å². The summed E-state index contributed by atoms with van der Waals surface area (Å²) in [6, 6.07) is 29.0. The Kier molecular flexibility index (Phi) is 7.18. The minimum atomic E-state index is -0.350. The predicted octanol–water partition coefficient (Wildman–Crippen LogP) is 4.96. The first kappa shape index (κ1) is 21.9. The number of benzene rings is 4. The van der Waals surface area contributed by atoms with Crippen molar-refractivity contribution in [2.75, 3.05) is 13.7 Å². The number of hydrogen-bond donors (Lipinski definition) is 1. The second-order valence-corrected chi connectivity index (χ2v) is 7.25. The molecule has 0 aliphatic heterocycles. The first-order valence-corrected chi connectivity index (χ1v) is 10.5. The molecule has 0 fully saturated rings. The summed E-state index contributed by atoms with van der Waals surface area (Å²) < 4.78 is 16.5. The number of fused-ring (bicyclic) bond motifs is 1. The first-order chi connectivity index (χ1) is 16.2. The van der Waals surface area contributed by atoms with Crippen LogP contribution in [0.1, 0.15) is 11.1 Å². The van der Waals surface area contributed by atoms with Crippen LogP contribution < -0.4 is 19.6 Å². The number of rotatable bonds is 9. The Morgan fingerprint density at radius 3 is 2.27 bits per heavy atom. The van der Waals surface area contributed by atoms with Crippen molar-refractivity contribution >= 4 is 22.9 Å². The van der Waals surface area contributed by atoms with Crippen molar-refractivity contribution in [2.24, 2.45) is 5.10 Å². The molecule has 1 amide bonds. The van der Waals surface area contributed by atoms with Gasteiger partial charge in [0.15, 0.2) is 6.61 Å². The van der Waals surface area contributed by atoms with Crippen LogP contribution in [0.5, 0.6) is 17.2 Å². The van der Waals surface area contributed by atoms with Crippen molar-refractivity contribution in [3.63, 3.8) is 0 Å². The highest BCUT2D eigenvalue weighted by Gasteiger charge is 2.03. The van der Waals surface area contributed by atoms with E-state index in [1.807, 2.05) is 42.5 Å². The number of ether oxygens (including phenoxy) is 3. The van der Waals surface area contributed by atoms with Crippen molar-refractivity contribution in [3.8, 4) is 17.2 Å². The van der Waals surface area contributed by atoms with E-state index in [0.717, 1.165) is 22.6 Å². The van der Waals surface area contributed by atoms with Crippen molar-refractivity contribution in [1.29, 1.82) is 0 Å². The molecule has 0 unspecified atom stereocenters. The number of nitrogens with zero attached hydrogens (tertiary/aromatic N) is 1. The Morgan fingerprint density at radius 1 is 0.818 bits per heavy atom. The summed E-state index contributed by atoms with van der Waals surface area (Å²) in [5.41, 5.74) is 4.43. The summed E-state index contributed by atoms with van der Waals surface area (Å²) >= 11 is 0. The summed E-state index contributed by atoms with van der Waals surface area (Å²) in [4.78, 5) is 11.9. The van der Waals surface area contributed by atoms with Crippen molar-refractivity contribution in [1.82, 2.24) is 5.43 Å². The molecule has 0 spiro atoms. The van der Waals surface area contributed by atoms with E-state index in [-0.39, 0.29) is 12.5 Å². The zero-order valence-electron chi connectivity index (χ0n) is 18.2. The van der Waals surface area contributed by atoms with Crippen LogP contribution in [-0.4, -0.2) is 25.8 Å². The summed E-state index contributed by atoms with van der Waals surface area (Å²) in [7, 11) is 1.59. The molecular formula is C27H24N2O4. The average molecular weight is 440 g/mol. The van der Waals surface area contributed by atoms with Gasteiger partial charge in [-0.2, -0.15) is 5.10 Å². The molecule has 33 heavy (non-hydrogen) atoms. The molecule has 0 radical (unpaired) electrons. The van der Waals surface area contributed by atoms with E-state index >= 15 is 0 Å². The van der Waals surface area contributed by atoms with Gasteiger partial charge in [0.1, 0.15) is 23.9 Å². The number of carbonyl (C=O) groups excluding carboxylic acids is 1. The second-order valence-electron chi connectivity index (χ2n) is 7.25. The molecule has 4 aromatic rings. The molecule has 0 aliphatic rings. The molecule has 0 aromatic heterocycles. The minimum Gasteiger partial charge on any atom is -0.497 e. The van der Waals surface area contributed by atoms with Crippen molar-refractivity contribution in [2.45, 2.75) is 6.61 Å². The summed E-state index contributed by atoms with van der Waals surface area (Å²) in [5.74, 6) is 1.71. The predicted molar refractivity (Wildman–Crippen MR) is 129 cm³/mol. The molecule has 0 heterocycles. The number of amides is 1. The van der Waals surface area contributed by atoms with Crippen LogP contribution in [0.25, 0.3) is 10.8 Å². The van der Waals surface area contributed by atoms with E-state index < -0.39 is 0 Å². The Balaban J connectivity index is 1.24. The quantitative estimate of drug-likeness (QED) is 0.295. The Hall–Kier alpha value is -4.32. The Bertz CT molecular complexity index is 1230. The van der Waals surface area contributed by atoms with Crippen LogP contribution in [0.3, 0.4) is 0 Å².